The lowest BCUT2D eigenvalue weighted by Crippen LogP contribution is -2.42. The van der Waals surface area contributed by atoms with Gasteiger partial charge in [-0.3, -0.25) is 14.5 Å². The van der Waals surface area contributed by atoms with Crippen LogP contribution in [-0.4, -0.2) is 43.6 Å². The zero-order valence-corrected chi connectivity index (χ0v) is 11.5. The summed E-state index contributed by atoms with van der Waals surface area (Å²) in [5.41, 5.74) is 1.02. The second-order valence-corrected chi connectivity index (χ2v) is 4.17. The minimum atomic E-state index is -0.510. The highest BCUT2D eigenvalue weighted by atomic mass is 16.5. The smallest absolute Gasteiger partial charge is 0.322 e. The summed E-state index contributed by atoms with van der Waals surface area (Å²) in [7, 11) is 2.66. The molecule has 0 amide bonds. The highest BCUT2D eigenvalue weighted by Gasteiger charge is 2.24. The molecule has 0 saturated carbocycles. The number of nitrogens with zero attached hydrogens (tertiary/aromatic N) is 1. The molecular weight excluding hydrogens is 246 g/mol. The average molecular weight is 265 g/mol. The summed E-state index contributed by atoms with van der Waals surface area (Å²) in [6, 6.07) is 9.10. The molecule has 0 fully saturated rings. The topological polar surface area (TPSA) is 55.8 Å². The summed E-state index contributed by atoms with van der Waals surface area (Å²) in [6.07, 6.45) is 0. The zero-order valence-electron chi connectivity index (χ0n) is 11.5. The van der Waals surface area contributed by atoms with Crippen LogP contribution in [0.25, 0.3) is 0 Å². The van der Waals surface area contributed by atoms with E-state index in [1.54, 1.807) is 11.8 Å². The summed E-state index contributed by atoms with van der Waals surface area (Å²) < 4.78 is 9.36. The molecule has 0 spiro atoms. The third-order valence-corrected chi connectivity index (χ3v) is 2.88. The highest BCUT2D eigenvalue weighted by Crippen LogP contribution is 2.09. The molecule has 104 valence electrons. The summed E-state index contributed by atoms with van der Waals surface area (Å²) >= 11 is 0. The van der Waals surface area contributed by atoms with Crippen LogP contribution in [0.4, 0.5) is 0 Å². The van der Waals surface area contributed by atoms with Crippen LogP contribution in [0.1, 0.15) is 12.5 Å². The quantitative estimate of drug-likeness (QED) is 0.724. The van der Waals surface area contributed by atoms with Gasteiger partial charge in [0.1, 0.15) is 6.04 Å². The number of hydrogen-bond acceptors (Lipinski definition) is 5. The van der Waals surface area contributed by atoms with Crippen LogP contribution >= 0.6 is 0 Å². The van der Waals surface area contributed by atoms with E-state index in [2.05, 4.69) is 4.74 Å². The Balaban J connectivity index is 2.80. The third kappa shape index (κ3) is 4.71. The molecule has 0 radical (unpaired) electrons. The fourth-order valence-electron chi connectivity index (χ4n) is 1.70. The van der Waals surface area contributed by atoms with Gasteiger partial charge in [0, 0.05) is 6.54 Å². The normalized spacial score (nSPS) is 12.0. The van der Waals surface area contributed by atoms with Crippen molar-refractivity contribution in [3.8, 4) is 0 Å². The number of carbonyl (C=O) groups excluding carboxylic acids is 2. The number of benzene rings is 1. The van der Waals surface area contributed by atoms with E-state index in [1.165, 1.54) is 14.2 Å². The van der Waals surface area contributed by atoms with Crippen molar-refractivity contribution >= 4 is 11.9 Å². The van der Waals surface area contributed by atoms with Crippen molar-refractivity contribution in [1.29, 1.82) is 0 Å². The Morgan fingerprint density at radius 3 is 2.32 bits per heavy atom. The molecule has 0 aromatic heterocycles. The summed E-state index contributed by atoms with van der Waals surface area (Å²) in [5.74, 6) is -0.758. The van der Waals surface area contributed by atoms with E-state index in [1.807, 2.05) is 30.3 Å². The molecule has 19 heavy (non-hydrogen) atoms. The minimum absolute atomic E-state index is 0.0433. The van der Waals surface area contributed by atoms with Gasteiger partial charge in [0.25, 0.3) is 0 Å². The Kier molecular flexibility index (Phi) is 6.02. The third-order valence-electron chi connectivity index (χ3n) is 2.88. The van der Waals surface area contributed by atoms with Gasteiger partial charge < -0.3 is 9.47 Å². The predicted octanol–water partition coefficient (Wildman–Crippen LogP) is 1.22. The Morgan fingerprint density at radius 1 is 1.16 bits per heavy atom. The summed E-state index contributed by atoms with van der Waals surface area (Å²) in [5, 5.41) is 0. The van der Waals surface area contributed by atoms with Gasteiger partial charge in [0.15, 0.2) is 0 Å². The van der Waals surface area contributed by atoms with Crippen molar-refractivity contribution in [2.24, 2.45) is 0 Å². The molecule has 1 aromatic carbocycles. The second kappa shape index (κ2) is 7.53. The molecule has 0 heterocycles. The first-order valence-corrected chi connectivity index (χ1v) is 6.01. The number of carbonyl (C=O) groups is 2. The van der Waals surface area contributed by atoms with Gasteiger partial charge >= 0.3 is 11.9 Å². The monoisotopic (exact) mass is 265 g/mol. The molecule has 1 rings (SSSR count). The Bertz CT molecular complexity index is 419. The van der Waals surface area contributed by atoms with E-state index in [9.17, 15) is 9.59 Å². The van der Waals surface area contributed by atoms with Gasteiger partial charge in [-0.2, -0.15) is 0 Å². The Morgan fingerprint density at radius 2 is 1.79 bits per heavy atom. The molecule has 1 aromatic rings. The first kappa shape index (κ1) is 15.2. The molecular formula is C14H19NO4. The predicted molar refractivity (Wildman–Crippen MR) is 70.3 cm³/mol. The van der Waals surface area contributed by atoms with Crippen molar-refractivity contribution in [2.75, 3.05) is 20.8 Å². The number of esters is 2. The van der Waals surface area contributed by atoms with Gasteiger partial charge in [-0.25, -0.2) is 0 Å². The standard InChI is InChI=1S/C14H19NO4/c1-11(14(17)19-3)15(10-13(16)18-2)9-12-7-5-4-6-8-12/h4-8,11H,9-10H2,1-3H3/t11-/m0/s1. The Labute approximate surface area is 113 Å². The first-order valence-electron chi connectivity index (χ1n) is 6.01. The van der Waals surface area contributed by atoms with E-state index in [0.717, 1.165) is 5.56 Å². The molecule has 5 heteroatoms. The van der Waals surface area contributed by atoms with Crippen LogP contribution in [-0.2, 0) is 25.6 Å². The van der Waals surface area contributed by atoms with Gasteiger partial charge in [-0.1, -0.05) is 30.3 Å². The summed E-state index contributed by atoms with van der Waals surface area (Å²) in [4.78, 5) is 24.7. The van der Waals surface area contributed by atoms with Gasteiger partial charge in [-0.05, 0) is 12.5 Å². The van der Waals surface area contributed by atoms with Gasteiger partial charge in [-0.15, -0.1) is 0 Å². The molecule has 1 atom stereocenters. The lowest BCUT2D eigenvalue weighted by atomic mass is 10.2. The fourth-order valence-corrected chi connectivity index (χ4v) is 1.70. The largest absolute Gasteiger partial charge is 0.468 e. The van der Waals surface area contributed by atoms with E-state index < -0.39 is 6.04 Å². The molecule has 0 bridgehead atoms. The van der Waals surface area contributed by atoms with E-state index in [0.29, 0.717) is 6.54 Å². The van der Waals surface area contributed by atoms with Crippen LogP contribution in [0.15, 0.2) is 30.3 Å². The summed E-state index contributed by atoms with van der Waals surface area (Å²) in [6.45, 7) is 2.23. The van der Waals surface area contributed by atoms with Crippen LogP contribution in [0.3, 0.4) is 0 Å². The van der Waals surface area contributed by atoms with Crippen molar-refractivity contribution in [1.82, 2.24) is 4.90 Å². The van der Waals surface area contributed by atoms with Crippen molar-refractivity contribution in [2.45, 2.75) is 19.5 Å². The van der Waals surface area contributed by atoms with Crippen LogP contribution < -0.4 is 0 Å². The van der Waals surface area contributed by atoms with Crippen molar-refractivity contribution < 1.29 is 19.1 Å². The molecule has 5 nitrogen and oxygen atoms in total. The number of ether oxygens (including phenoxy) is 2. The highest BCUT2D eigenvalue weighted by molar-refractivity contribution is 5.77. The Hall–Kier alpha value is -1.88. The van der Waals surface area contributed by atoms with E-state index in [4.69, 9.17) is 4.74 Å². The lowest BCUT2D eigenvalue weighted by molar-refractivity contribution is -0.149. The van der Waals surface area contributed by atoms with Crippen LogP contribution in [0.2, 0.25) is 0 Å². The number of methoxy groups -OCH3 is 2. The molecule has 0 unspecified atom stereocenters. The molecule has 0 aliphatic rings. The first-order chi connectivity index (χ1) is 9.08. The maximum Gasteiger partial charge on any atom is 0.322 e. The molecule has 0 saturated heterocycles. The maximum atomic E-state index is 11.6. The van der Waals surface area contributed by atoms with E-state index in [-0.39, 0.29) is 18.5 Å². The maximum absolute atomic E-state index is 11.6. The average Bonchev–Trinajstić information content (AvgIpc) is 2.45. The number of hydrogen-bond donors (Lipinski definition) is 0. The SMILES string of the molecule is COC(=O)CN(Cc1ccccc1)[C@@H](C)C(=O)OC. The minimum Gasteiger partial charge on any atom is -0.468 e. The zero-order chi connectivity index (χ0) is 14.3. The lowest BCUT2D eigenvalue weighted by Gasteiger charge is -2.26. The fraction of sp³-hybridized carbons (Fsp3) is 0.429. The van der Waals surface area contributed by atoms with Crippen molar-refractivity contribution in [3.63, 3.8) is 0 Å². The van der Waals surface area contributed by atoms with E-state index >= 15 is 0 Å². The van der Waals surface area contributed by atoms with Crippen LogP contribution in [0, 0.1) is 0 Å². The van der Waals surface area contributed by atoms with Crippen LogP contribution in [0.5, 0.6) is 0 Å². The molecule has 0 aliphatic carbocycles. The van der Waals surface area contributed by atoms with Gasteiger partial charge in [0.05, 0.1) is 20.8 Å². The molecule has 0 aliphatic heterocycles. The molecule has 0 N–H and O–H groups in total. The van der Waals surface area contributed by atoms with Gasteiger partial charge in [0.2, 0.25) is 0 Å². The second-order valence-electron chi connectivity index (χ2n) is 4.17. The van der Waals surface area contributed by atoms with Crippen molar-refractivity contribution in [3.05, 3.63) is 35.9 Å². The number of rotatable bonds is 6.